The number of aromatic nitrogens is 1. The number of pyridine rings is 1. The molecule has 0 radical (unpaired) electrons. The fourth-order valence-electron chi connectivity index (χ4n) is 2.24. The molecule has 0 saturated carbocycles. The van der Waals surface area contributed by atoms with E-state index in [1.807, 2.05) is 12.3 Å². The second-order valence-corrected chi connectivity index (χ2v) is 5.04. The van der Waals surface area contributed by atoms with Crippen molar-refractivity contribution in [3.63, 3.8) is 0 Å². The average molecular weight is 235 g/mol. The molecule has 3 heteroatoms. The van der Waals surface area contributed by atoms with Crippen molar-refractivity contribution < 1.29 is 0 Å². The van der Waals surface area contributed by atoms with E-state index in [0.717, 1.165) is 6.54 Å². The molecule has 0 fully saturated rings. The predicted molar refractivity (Wildman–Crippen MR) is 72.7 cm³/mol. The summed E-state index contributed by atoms with van der Waals surface area (Å²) in [6.45, 7) is 7.63. The molecule has 0 bridgehead atoms. The van der Waals surface area contributed by atoms with Crippen LogP contribution in [0.5, 0.6) is 0 Å². The van der Waals surface area contributed by atoms with Gasteiger partial charge in [0.2, 0.25) is 0 Å². The minimum atomic E-state index is 0.105. The lowest BCUT2D eigenvalue weighted by Crippen LogP contribution is -2.39. The number of hydrogen-bond acceptors (Lipinski definition) is 3. The Morgan fingerprint density at radius 2 is 2.12 bits per heavy atom. The van der Waals surface area contributed by atoms with Crippen LogP contribution < -0.4 is 5.73 Å². The van der Waals surface area contributed by atoms with E-state index in [-0.39, 0.29) is 12.1 Å². The van der Waals surface area contributed by atoms with Crippen LogP contribution in [0.2, 0.25) is 0 Å². The Bertz CT molecular complexity index is 311. The highest BCUT2D eigenvalue weighted by atomic mass is 15.1. The van der Waals surface area contributed by atoms with Crippen molar-refractivity contribution in [2.75, 3.05) is 13.6 Å². The third-order valence-electron chi connectivity index (χ3n) is 3.30. The first kappa shape index (κ1) is 14.1. The molecule has 0 saturated heterocycles. The van der Waals surface area contributed by atoms with Gasteiger partial charge in [0.15, 0.2) is 0 Å². The maximum absolute atomic E-state index is 6.12. The molecule has 3 unspecified atom stereocenters. The lowest BCUT2D eigenvalue weighted by molar-refractivity contribution is 0.190. The fourth-order valence-corrected chi connectivity index (χ4v) is 2.24. The molecule has 1 aromatic heterocycles. The minimum Gasteiger partial charge on any atom is -0.326 e. The summed E-state index contributed by atoms with van der Waals surface area (Å²) < 4.78 is 0. The Morgan fingerprint density at radius 1 is 1.41 bits per heavy atom. The van der Waals surface area contributed by atoms with E-state index in [9.17, 15) is 0 Å². The van der Waals surface area contributed by atoms with Gasteiger partial charge in [-0.05, 0) is 31.5 Å². The number of nitrogens with two attached hydrogens (primary N) is 1. The van der Waals surface area contributed by atoms with Crippen LogP contribution in [0.1, 0.15) is 38.8 Å². The van der Waals surface area contributed by atoms with Gasteiger partial charge in [0, 0.05) is 25.0 Å². The number of rotatable bonds is 6. The highest BCUT2D eigenvalue weighted by Gasteiger charge is 2.22. The van der Waals surface area contributed by atoms with E-state index in [4.69, 9.17) is 5.73 Å². The van der Waals surface area contributed by atoms with Crippen LogP contribution in [0.15, 0.2) is 24.5 Å². The van der Waals surface area contributed by atoms with Crippen LogP contribution in [0.25, 0.3) is 0 Å². The zero-order valence-corrected chi connectivity index (χ0v) is 11.4. The summed E-state index contributed by atoms with van der Waals surface area (Å²) in [5.74, 6) is 0.693. The van der Waals surface area contributed by atoms with Crippen LogP contribution >= 0.6 is 0 Å². The van der Waals surface area contributed by atoms with Gasteiger partial charge in [0.25, 0.3) is 0 Å². The molecular formula is C14H25N3. The van der Waals surface area contributed by atoms with E-state index in [2.05, 4.69) is 43.8 Å². The maximum atomic E-state index is 6.12. The van der Waals surface area contributed by atoms with E-state index < -0.39 is 0 Å². The van der Waals surface area contributed by atoms with Crippen molar-refractivity contribution in [1.82, 2.24) is 9.88 Å². The molecule has 0 aliphatic carbocycles. The third-order valence-corrected chi connectivity index (χ3v) is 3.30. The summed E-state index contributed by atoms with van der Waals surface area (Å²) in [5.41, 5.74) is 7.32. The SMILES string of the molecule is CCC(C)CN(C)C(c1cccnc1)C(C)N. The zero-order valence-electron chi connectivity index (χ0n) is 11.4. The quantitative estimate of drug-likeness (QED) is 0.823. The number of hydrogen-bond donors (Lipinski definition) is 1. The molecule has 0 aliphatic rings. The molecule has 1 aromatic rings. The van der Waals surface area contributed by atoms with Crippen LogP contribution in [0, 0.1) is 5.92 Å². The van der Waals surface area contributed by atoms with Crippen molar-refractivity contribution in [3.05, 3.63) is 30.1 Å². The summed E-state index contributed by atoms with van der Waals surface area (Å²) in [6.07, 6.45) is 4.92. The molecule has 2 N–H and O–H groups in total. The third kappa shape index (κ3) is 4.10. The maximum Gasteiger partial charge on any atom is 0.0509 e. The minimum absolute atomic E-state index is 0.105. The Balaban J connectivity index is 2.79. The molecule has 1 rings (SSSR count). The smallest absolute Gasteiger partial charge is 0.0509 e. The first-order valence-electron chi connectivity index (χ1n) is 6.42. The van der Waals surface area contributed by atoms with E-state index >= 15 is 0 Å². The van der Waals surface area contributed by atoms with Gasteiger partial charge in [0.05, 0.1) is 6.04 Å². The molecule has 96 valence electrons. The summed E-state index contributed by atoms with van der Waals surface area (Å²) in [6, 6.07) is 4.43. The first-order valence-corrected chi connectivity index (χ1v) is 6.42. The molecule has 17 heavy (non-hydrogen) atoms. The molecule has 3 nitrogen and oxygen atoms in total. The summed E-state index contributed by atoms with van der Waals surface area (Å²) in [7, 11) is 2.15. The molecule has 1 heterocycles. The van der Waals surface area contributed by atoms with E-state index in [1.165, 1.54) is 12.0 Å². The van der Waals surface area contributed by atoms with Gasteiger partial charge >= 0.3 is 0 Å². The molecule has 0 aromatic carbocycles. The van der Waals surface area contributed by atoms with Crippen molar-refractivity contribution >= 4 is 0 Å². The van der Waals surface area contributed by atoms with E-state index in [0.29, 0.717) is 5.92 Å². The molecule has 0 amide bonds. The molecule has 0 spiro atoms. The van der Waals surface area contributed by atoms with Gasteiger partial charge in [-0.2, -0.15) is 0 Å². The molecule has 0 aliphatic heterocycles. The largest absolute Gasteiger partial charge is 0.326 e. The van der Waals surface area contributed by atoms with Gasteiger partial charge in [-0.3, -0.25) is 9.88 Å². The fraction of sp³-hybridized carbons (Fsp3) is 0.643. The Hall–Kier alpha value is -0.930. The van der Waals surface area contributed by atoms with Crippen molar-refractivity contribution in [2.45, 2.75) is 39.3 Å². The highest BCUT2D eigenvalue weighted by Crippen LogP contribution is 2.22. The van der Waals surface area contributed by atoms with Crippen LogP contribution in [0.3, 0.4) is 0 Å². The van der Waals surface area contributed by atoms with Crippen LogP contribution in [-0.4, -0.2) is 29.5 Å². The van der Waals surface area contributed by atoms with Crippen LogP contribution in [-0.2, 0) is 0 Å². The lowest BCUT2D eigenvalue weighted by atomic mass is 9.99. The van der Waals surface area contributed by atoms with Crippen molar-refractivity contribution in [1.29, 1.82) is 0 Å². The van der Waals surface area contributed by atoms with Gasteiger partial charge in [-0.15, -0.1) is 0 Å². The predicted octanol–water partition coefficient (Wildman–Crippen LogP) is 2.45. The summed E-state index contributed by atoms with van der Waals surface area (Å²) >= 11 is 0. The summed E-state index contributed by atoms with van der Waals surface area (Å²) in [5, 5.41) is 0. The van der Waals surface area contributed by atoms with Crippen molar-refractivity contribution in [3.8, 4) is 0 Å². The zero-order chi connectivity index (χ0) is 12.8. The lowest BCUT2D eigenvalue weighted by Gasteiger charge is -2.32. The second kappa shape index (κ2) is 6.72. The Kier molecular flexibility index (Phi) is 5.59. The van der Waals surface area contributed by atoms with Gasteiger partial charge in [-0.1, -0.05) is 26.3 Å². The van der Waals surface area contributed by atoms with Crippen molar-refractivity contribution in [2.24, 2.45) is 11.7 Å². The Morgan fingerprint density at radius 3 is 2.59 bits per heavy atom. The monoisotopic (exact) mass is 235 g/mol. The van der Waals surface area contributed by atoms with Gasteiger partial charge in [-0.25, -0.2) is 0 Å². The second-order valence-electron chi connectivity index (χ2n) is 5.04. The average Bonchev–Trinajstić information content (AvgIpc) is 2.29. The Labute approximate surface area is 105 Å². The van der Waals surface area contributed by atoms with Gasteiger partial charge < -0.3 is 5.73 Å². The molecular weight excluding hydrogens is 210 g/mol. The summed E-state index contributed by atoms with van der Waals surface area (Å²) in [4.78, 5) is 6.53. The topological polar surface area (TPSA) is 42.2 Å². The first-order chi connectivity index (χ1) is 8.06. The van der Waals surface area contributed by atoms with Crippen LogP contribution in [0.4, 0.5) is 0 Å². The van der Waals surface area contributed by atoms with E-state index in [1.54, 1.807) is 6.20 Å². The normalized spacial score (nSPS) is 16.8. The standard InChI is InChI=1S/C14H25N3/c1-5-11(2)10-17(4)14(12(3)15)13-7-6-8-16-9-13/h6-9,11-12,14H,5,10,15H2,1-4H3. The molecule has 3 atom stereocenters. The number of nitrogens with zero attached hydrogens (tertiary/aromatic N) is 2. The number of likely N-dealkylation sites (N-methyl/N-ethyl adjacent to an activating group) is 1. The van der Waals surface area contributed by atoms with Gasteiger partial charge in [0.1, 0.15) is 0 Å². The highest BCUT2D eigenvalue weighted by molar-refractivity contribution is 5.15.